The fraction of sp³-hybridized carbons (Fsp3) is 0.357. The molecular weight excluding hydrogens is 345 g/mol. The molecule has 0 unspecified atom stereocenters. The van der Waals surface area contributed by atoms with Gasteiger partial charge in [-0.25, -0.2) is 19.3 Å². The number of carbonyl (C=O) groups is 1. The number of alkyl halides is 3. The summed E-state index contributed by atoms with van der Waals surface area (Å²) in [6.45, 7) is 5.22. The zero-order chi connectivity index (χ0) is 18.0. The summed E-state index contributed by atoms with van der Waals surface area (Å²) in [5.41, 5.74) is -0.00363. The van der Waals surface area contributed by atoms with Crippen LogP contribution in [0.2, 0.25) is 0 Å². The molecule has 0 spiro atoms. The third-order valence-electron chi connectivity index (χ3n) is 2.45. The summed E-state index contributed by atoms with van der Waals surface area (Å²) in [5.74, 6) is 0. The quantitative estimate of drug-likeness (QED) is 0.884. The van der Waals surface area contributed by atoms with Crippen LogP contribution < -0.4 is 5.32 Å². The fourth-order valence-corrected chi connectivity index (χ4v) is 2.21. The smallest absolute Gasteiger partial charge is 0.444 e. The fourth-order valence-electron chi connectivity index (χ4n) is 1.54. The molecule has 0 fully saturated rings. The van der Waals surface area contributed by atoms with E-state index in [2.05, 4.69) is 15.3 Å². The van der Waals surface area contributed by atoms with Crippen LogP contribution >= 0.6 is 11.3 Å². The Bertz CT molecular complexity index is 744. The first-order valence-corrected chi connectivity index (χ1v) is 7.66. The molecule has 24 heavy (non-hydrogen) atoms. The third kappa shape index (κ3) is 5.37. The van der Waals surface area contributed by atoms with Gasteiger partial charge in [0.1, 0.15) is 11.9 Å². The van der Waals surface area contributed by atoms with Crippen LogP contribution in [-0.4, -0.2) is 26.2 Å². The standard InChI is InChI=1S/C14H15F3N4O2S/c1-13(2,3)23-12(22)20-11-19-10(7-24-11)5-4-9-6-21(8-18-9)14(15,16)17/h4-8H,1-3H3,(H,19,20,22)/b5-4+. The minimum absolute atomic E-state index is 0.0587. The third-order valence-corrected chi connectivity index (χ3v) is 3.23. The monoisotopic (exact) mass is 360 g/mol. The van der Waals surface area contributed by atoms with Gasteiger partial charge in [0.05, 0.1) is 11.4 Å². The lowest BCUT2D eigenvalue weighted by Crippen LogP contribution is -2.27. The molecule has 2 aromatic rings. The maximum atomic E-state index is 12.4. The highest BCUT2D eigenvalue weighted by Gasteiger charge is 2.30. The zero-order valence-electron chi connectivity index (χ0n) is 13.1. The van der Waals surface area contributed by atoms with Crippen LogP contribution in [-0.2, 0) is 11.0 Å². The molecule has 0 bridgehead atoms. The van der Waals surface area contributed by atoms with E-state index in [1.165, 1.54) is 23.5 Å². The van der Waals surface area contributed by atoms with Crippen molar-refractivity contribution in [3.63, 3.8) is 0 Å². The number of imidazole rings is 1. The number of nitrogens with zero attached hydrogens (tertiary/aromatic N) is 3. The molecule has 0 radical (unpaired) electrons. The maximum absolute atomic E-state index is 12.4. The van der Waals surface area contributed by atoms with E-state index in [9.17, 15) is 18.0 Å². The van der Waals surface area contributed by atoms with Crippen LogP contribution in [0, 0.1) is 0 Å². The van der Waals surface area contributed by atoms with Gasteiger partial charge in [0.25, 0.3) is 0 Å². The van der Waals surface area contributed by atoms with E-state index in [4.69, 9.17) is 4.74 Å². The van der Waals surface area contributed by atoms with Gasteiger partial charge >= 0.3 is 12.4 Å². The predicted molar refractivity (Wildman–Crippen MR) is 84.4 cm³/mol. The van der Waals surface area contributed by atoms with Crippen molar-refractivity contribution >= 4 is 34.7 Å². The Morgan fingerprint density at radius 2 is 1.96 bits per heavy atom. The second-order valence-electron chi connectivity index (χ2n) is 5.71. The lowest BCUT2D eigenvalue weighted by atomic mass is 10.2. The number of carbonyl (C=O) groups excluding carboxylic acids is 1. The van der Waals surface area contributed by atoms with Crippen molar-refractivity contribution < 1.29 is 22.7 Å². The van der Waals surface area contributed by atoms with Crippen molar-refractivity contribution in [2.75, 3.05) is 5.32 Å². The van der Waals surface area contributed by atoms with Crippen LogP contribution in [0.5, 0.6) is 0 Å². The average Bonchev–Trinajstić information content (AvgIpc) is 3.01. The second-order valence-corrected chi connectivity index (χ2v) is 6.57. The topological polar surface area (TPSA) is 69.0 Å². The Balaban J connectivity index is 1.98. The largest absolute Gasteiger partial charge is 0.489 e. The molecule has 0 aliphatic carbocycles. The Morgan fingerprint density at radius 1 is 1.29 bits per heavy atom. The highest BCUT2D eigenvalue weighted by atomic mass is 32.1. The Hall–Kier alpha value is -2.36. The molecule has 2 aromatic heterocycles. The number of amides is 1. The lowest BCUT2D eigenvalue weighted by molar-refractivity contribution is -0.204. The number of aromatic nitrogens is 3. The number of anilines is 1. The summed E-state index contributed by atoms with van der Waals surface area (Å²) in [4.78, 5) is 19.4. The summed E-state index contributed by atoms with van der Waals surface area (Å²) < 4.78 is 42.5. The van der Waals surface area contributed by atoms with Gasteiger partial charge in [-0.1, -0.05) is 0 Å². The predicted octanol–water partition coefficient (Wildman–Crippen LogP) is 4.33. The SMILES string of the molecule is CC(C)(C)OC(=O)Nc1nc(/C=C/c2cn(C(F)(F)F)cn2)cs1. The minimum Gasteiger partial charge on any atom is -0.444 e. The molecule has 0 saturated carbocycles. The minimum atomic E-state index is -4.50. The van der Waals surface area contributed by atoms with Crippen molar-refractivity contribution in [3.8, 4) is 0 Å². The normalized spacial score (nSPS) is 12.6. The van der Waals surface area contributed by atoms with Crippen molar-refractivity contribution in [2.24, 2.45) is 0 Å². The van der Waals surface area contributed by atoms with Gasteiger partial charge in [-0.05, 0) is 32.9 Å². The zero-order valence-corrected chi connectivity index (χ0v) is 13.9. The summed E-state index contributed by atoms with van der Waals surface area (Å²) in [5, 5.41) is 4.45. The van der Waals surface area contributed by atoms with Gasteiger partial charge in [-0.2, -0.15) is 0 Å². The van der Waals surface area contributed by atoms with Crippen LogP contribution in [0.15, 0.2) is 17.9 Å². The van der Waals surface area contributed by atoms with Gasteiger partial charge in [0, 0.05) is 11.6 Å². The molecule has 0 aliphatic rings. The molecule has 2 heterocycles. The number of hydrogen-bond donors (Lipinski definition) is 1. The van der Waals surface area contributed by atoms with Crippen molar-refractivity contribution in [1.82, 2.24) is 14.5 Å². The second kappa shape index (κ2) is 6.63. The number of halogens is 3. The number of thiazole rings is 1. The van der Waals surface area contributed by atoms with Gasteiger partial charge in [0.15, 0.2) is 5.13 Å². The Kier molecular flexibility index (Phi) is 4.97. The summed E-state index contributed by atoms with van der Waals surface area (Å²) in [7, 11) is 0. The molecular formula is C14H15F3N4O2S. The van der Waals surface area contributed by atoms with Crippen LogP contribution in [0.4, 0.5) is 23.1 Å². The van der Waals surface area contributed by atoms with Gasteiger partial charge in [-0.3, -0.25) is 5.32 Å². The average molecular weight is 360 g/mol. The van der Waals surface area contributed by atoms with Gasteiger partial charge in [0.2, 0.25) is 0 Å². The first-order chi connectivity index (χ1) is 11.0. The van der Waals surface area contributed by atoms with E-state index in [1.54, 1.807) is 26.2 Å². The number of hydrogen-bond acceptors (Lipinski definition) is 5. The van der Waals surface area contributed by atoms with E-state index in [-0.39, 0.29) is 10.3 Å². The molecule has 10 heteroatoms. The Labute approximate surface area is 140 Å². The van der Waals surface area contributed by atoms with E-state index >= 15 is 0 Å². The summed E-state index contributed by atoms with van der Waals surface area (Å²) >= 11 is 1.17. The molecule has 0 aliphatic heterocycles. The molecule has 0 aromatic carbocycles. The van der Waals surface area contributed by atoms with E-state index in [1.807, 2.05) is 0 Å². The lowest BCUT2D eigenvalue weighted by Gasteiger charge is -2.18. The van der Waals surface area contributed by atoms with E-state index in [0.29, 0.717) is 17.2 Å². The van der Waals surface area contributed by atoms with Crippen LogP contribution in [0.3, 0.4) is 0 Å². The Morgan fingerprint density at radius 3 is 2.54 bits per heavy atom. The summed E-state index contributed by atoms with van der Waals surface area (Å²) in [6, 6.07) is 0. The van der Waals surface area contributed by atoms with Gasteiger partial charge in [-0.15, -0.1) is 24.5 Å². The highest BCUT2D eigenvalue weighted by Crippen LogP contribution is 2.23. The van der Waals surface area contributed by atoms with Crippen molar-refractivity contribution in [3.05, 3.63) is 29.3 Å². The van der Waals surface area contributed by atoms with E-state index < -0.39 is 18.0 Å². The number of rotatable bonds is 3. The number of nitrogens with one attached hydrogen (secondary N) is 1. The summed E-state index contributed by atoms with van der Waals surface area (Å²) in [6.07, 6.45) is -0.673. The number of ether oxygens (including phenoxy) is 1. The molecule has 1 N–H and O–H groups in total. The van der Waals surface area contributed by atoms with Crippen LogP contribution in [0.25, 0.3) is 12.2 Å². The molecule has 0 saturated heterocycles. The first-order valence-electron chi connectivity index (χ1n) is 6.78. The molecule has 2 rings (SSSR count). The van der Waals surface area contributed by atoms with Gasteiger partial charge < -0.3 is 4.74 Å². The first kappa shape index (κ1) is 18.0. The highest BCUT2D eigenvalue weighted by molar-refractivity contribution is 7.14. The molecule has 130 valence electrons. The van der Waals surface area contributed by atoms with E-state index in [0.717, 1.165) is 6.20 Å². The molecule has 6 nitrogen and oxygen atoms in total. The molecule has 1 amide bonds. The van der Waals surface area contributed by atoms with Crippen molar-refractivity contribution in [2.45, 2.75) is 32.7 Å². The molecule has 0 atom stereocenters. The van der Waals surface area contributed by atoms with Crippen molar-refractivity contribution in [1.29, 1.82) is 0 Å². The maximum Gasteiger partial charge on any atom is 0.489 e. The van der Waals surface area contributed by atoms with Crippen LogP contribution in [0.1, 0.15) is 32.2 Å².